The van der Waals surface area contributed by atoms with Crippen LogP contribution in [0.1, 0.15) is 37.8 Å². The summed E-state index contributed by atoms with van der Waals surface area (Å²) in [5.41, 5.74) is 2.68. The summed E-state index contributed by atoms with van der Waals surface area (Å²) in [7, 11) is 0. The molecular formula is C27H33N3O5. The summed E-state index contributed by atoms with van der Waals surface area (Å²) in [6.07, 6.45) is 3.08. The van der Waals surface area contributed by atoms with Crippen molar-refractivity contribution in [2.45, 2.75) is 57.7 Å². The number of carboxylic acid groups (broad SMARTS) is 2. The van der Waals surface area contributed by atoms with E-state index in [0.717, 1.165) is 22.0 Å². The van der Waals surface area contributed by atoms with Crippen LogP contribution < -0.4 is 10.6 Å². The number of benzene rings is 2. The van der Waals surface area contributed by atoms with Crippen LogP contribution in [-0.4, -0.2) is 51.2 Å². The standard InChI is InChI=1S/C27H33N3O5/c1-17(2)14-23(29-22(26(32)33)13-12-18-8-4-3-5-9-18)25(31)30-24(27(34)35)15-19-16-28-21-11-7-6-10-20(19)21/h3-11,16-17,22-24,28-29H,12-15H2,1-2H3,(H,30,31)(H,32,33)(H,34,35)/t22-,23-,24-/m0/s1. The van der Waals surface area contributed by atoms with E-state index in [9.17, 15) is 24.6 Å². The molecule has 0 aliphatic heterocycles. The van der Waals surface area contributed by atoms with Crippen molar-refractivity contribution >= 4 is 28.7 Å². The Morgan fingerprint density at radius 2 is 1.54 bits per heavy atom. The van der Waals surface area contributed by atoms with Crippen molar-refractivity contribution in [1.82, 2.24) is 15.6 Å². The van der Waals surface area contributed by atoms with Gasteiger partial charge in [0.05, 0.1) is 6.04 Å². The molecule has 2 aromatic carbocycles. The van der Waals surface area contributed by atoms with Gasteiger partial charge in [-0.2, -0.15) is 0 Å². The number of nitrogens with one attached hydrogen (secondary N) is 3. The predicted molar refractivity (Wildman–Crippen MR) is 134 cm³/mol. The number of fused-ring (bicyclic) bond motifs is 1. The lowest BCUT2D eigenvalue weighted by Crippen LogP contribution is -2.55. The van der Waals surface area contributed by atoms with Crippen LogP contribution in [0.25, 0.3) is 10.9 Å². The molecule has 0 saturated heterocycles. The maximum Gasteiger partial charge on any atom is 0.326 e. The Morgan fingerprint density at radius 3 is 2.20 bits per heavy atom. The van der Waals surface area contributed by atoms with E-state index in [-0.39, 0.29) is 12.3 Å². The molecule has 8 nitrogen and oxygen atoms in total. The number of carbonyl (C=O) groups is 3. The van der Waals surface area contributed by atoms with Crippen LogP contribution >= 0.6 is 0 Å². The Labute approximate surface area is 204 Å². The monoisotopic (exact) mass is 479 g/mol. The van der Waals surface area contributed by atoms with Crippen molar-refractivity contribution in [1.29, 1.82) is 0 Å². The van der Waals surface area contributed by atoms with Crippen molar-refractivity contribution in [2.24, 2.45) is 5.92 Å². The zero-order valence-electron chi connectivity index (χ0n) is 20.0. The van der Waals surface area contributed by atoms with Crippen LogP contribution in [0.5, 0.6) is 0 Å². The van der Waals surface area contributed by atoms with Gasteiger partial charge in [-0.25, -0.2) is 4.79 Å². The first-order valence-electron chi connectivity index (χ1n) is 11.9. The number of carboxylic acids is 2. The highest BCUT2D eigenvalue weighted by molar-refractivity contribution is 5.89. The van der Waals surface area contributed by atoms with Crippen LogP contribution in [-0.2, 0) is 27.2 Å². The van der Waals surface area contributed by atoms with Crippen molar-refractivity contribution in [3.63, 3.8) is 0 Å². The Hall–Kier alpha value is -3.65. The van der Waals surface area contributed by atoms with Gasteiger partial charge in [-0.3, -0.25) is 14.9 Å². The first-order chi connectivity index (χ1) is 16.7. The number of H-pyrrole nitrogens is 1. The first-order valence-corrected chi connectivity index (χ1v) is 11.9. The molecule has 0 fully saturated rings. The highest BCUT2D eigenvalue weighted by Crippen LogP contribution is 2.19. The van der Waals surface area contributed by atoms with Crippen molar-refractivity contribution in [2.75, 3.05) is 0 Å². The molecule has 1 amide bonds. The Balaban J connectivity index is 1.71. The van der Waals surface area contributed by atoms with E-state index in [4.69, 9.17) is 0 Å². The zero-order chi connectivity index (χ0) is 25.4. The fraction of sp³-hybridized carbons (Fsp3) is 0.370. The minimum absolute atomic E-state index is 0.0960. The Morgan fingerprint density at radius 1 is 0.886 bits per heavy atom. The van der Waals surface area contributed by atoms with E-state index in [2.05, 4.69) is 15.6 Å². The van der Waals surface area contributed by atoms with Crippen LogP contribution in [0, 0.1) is 5.92 Å². The molecule has 0 aliphatic carbocycles. The Bertz CT molecular complexity index is 1140. The molecule has 3 atom stereocenters. The lowest BCUT2D eigenvalue weighted by atomic mass is 9.99. The molecule has 0 unspecified atom stereocenters. The normalized spacial score (nSPS) is 13.9. The number of aryl methyl sites for hydroxylation is 1. The third kappa shape index (κ3) is 7.42. The fourth-order valence-electron chi connectivity index (χ4n) is 4.19. The number of aliphatic carboxylic acids is 2. The third-order valence-electron chi connectivity index (χ3n) is 6.00. The number of hydrogen-bond acceptors (Lipinski definition) is 4. The minimum Gasteiger partial charge on any atom is -0.480 e. The molecule has 0 spiro atoms. The average molecular weight is 480 g/mol. The minimum atomic E-state index is -1.15. The van der Waals surface area contributed by atoms with Gasteiger partial charge in [0.15, 0.2) is 0 Å². The highest BCUT2D eigenvalue weighted by atomic mass is 16.4. The van der Waals surface area contributed by atoms with E-state index in [0.29, 0.717) is 19.3 Å². The summed E-state index contributed by atoms with van der Waals surface area (Å²) in [5.74, 6) is -2.61. The maximum absolute atomic E-state index is 13.2. The number of aromatic amines is 1. The van der Waals surface area contributed by atoms with Gasteiger partial charge in [-0.05, 0) is 42.4 Å². The molecule has 35 heavy (non-hydrogen) atoms. The SMILES string of the molecule is CC(C)C[C@H](N[C@@H](CCc1ccccc1)C(=O)O)C(=O)N[C@@H](Cc1c[nH]c2ccccc12)C(=O)O. The molecule has 0 saturated carbocycles. The molecule has 3 rings (SSSR count). The van der Waals surface area contributed by atoms with Gasteiger partial charge in [0.2, 0.25) is 5.91 Å². The smallest absolute Gasteiger partial charge is 0.326 e. The van der Waals surface area contributed by atoms with Gasteiger partial charge >= 0.3 is 11.9 Å². The highest BCUT2D eigenvalue weighted by Gasteiger charge is 2.30. The number of para-hydroxylation sites is 1. The molecule has 0 bridgehead atoms. The molecule has 8 heteroatoms. The van der Waals surface area contributed by atoms with E-state index in [1.54, 1.807) is 6.20 Å². The van der Waals surface area contributed by atoms with Gasteiger partial charge in [-0.15, -0.1) is 0 Å². The second-order valence-corrected chi connectivity index (χ2v) is 9.23. The molecule has 1 heterocycles. The van der Waals surface area contributed by atoms with E-state index >= 15 is 0 Å². The predicted octanol–water partition coefficient (Wildman–Crippen LogP) is 3.37. The second kappa shape index (κ2) is 12.2. The third-order valence-corrected chi connectivity index (χ3v) is 6.00. The van der Waals surface area contributed by atoms with Gasteiger partial charge in [0, 0.05) is 23.5 Å². The molecule has 3 aromatic rings. The van der Waals surface area contributed by atoms with Gasteiger partial charge in [0.25, 0.3) is 0 Å². The Kier molecular flexibility index (Phi) is 9.03. The maximum atomic E-state index is 13.2. The number of hydrogen-bond donors (Lipinski definition) is 5. The van der Waals surface area contributed by atoms with Crippen LogP contribution in [0.15, 0.2) is 60.8 Å². The summed E-state index contributed by atoms with van der Waals surface area (Å²) in [6, 6.07) is 14.2. The topological polar surface area (TPSA) is 132 Å². The number of carbonyl (C=O) groups excluding carboxylic acids is 1. The largest absolute Gasteiger partial charge is 0.480 e. The second-order valence-electron chi connectivity index (χ2n) is 9.23. The first kappa shape index (κ1) is 26.0. The van der Waals surface area contributed by atoms with Crippen LogP contribution in [0.4, 0.5) is 0 Å². The van der Waals surface area contributed by atoms with Gasteiger partial charge in [0.1, 0.15) is 12.1 Å². The summed E-state index contributed by atoms with van der Waals surface area (Å²) < 4.78 is 0. The quantitative estimate of drug-likeness (QED) is 0.255. The number of aromatic nitrogens is 1. The number of rotatable bonds is 13. The summed E-state index contributed by atoms with van der Waals surface area (Å²) in [6.45, 7) is 3.87. The van der Waals surface area contributed by atoms with Crippen molar-refractivity contribution in [3.8, 4) is 0 Å². The van der Waals surface area contributed by atoms with Gasteiger partial charge in [-0.1, -0.05) is 62.4 Å². The fourth-order valence-corrected chi connectivity index (χ4v) is 4.19. The molecule has 1 aromatic heterocycles. The van der Waals surface area contributed by atoms with Crippen molar-refractivity contribution < 1.29 is 24.6 Å². The van der Waals surface area contributed by atoms with Crippen LogP contribution in [0.2, 0.25) is 0 Å². The summed E-state index contributed by atoms with van der Waals surface area (Å²) in [5, 5.41) is 26.1. The van der Waals surface area contributed by atoms with Crippen LogP contribution in [0.3, 0.4) is 0 Å². The summed E-state index contributed by atoms with van der Waals surface area (Å²) in [4.78, 5) is 40.2. The molecule has 0 aliphatic rings. The van der Waals surface area contributed by atoms with E-state index < -0.39 is 36.0 Å². The van der Waals surface area contributed by atoms with Crippen molar-refractivity contribution in [3.05, 3.63) is 71.9 Å². The lowest BCUT2D eigenvalue weighted by molar-refractivity contribution is -0.143. The molecule has 186 valence electrons. The summed E-state index contributed by atoms with van der Waals surface area (Å²) >= 11 is 0. The number of amides is 1. The molecule has 5 N–H and O–H groups in total. The van der Waals surface area contributed by atoms with E-state index in [1.807, 2.05) is 68.4 Å². The van der Waals surface area contributed by atoms with Gasteiger partial charge < -0.3 is 20.5 Å². The van der Waals surface area contributed by atoms with E-state index in [1.165, 1.54) is 0 Å². The average Bonchev–Trinajstić information content (AvgIpc) is 3.23. The lowest BCUT2D eigenvalue weighted by Gasteiger charge is -2.26. The zero-order valence-corrected chi connectivity index (χ0v) is 20.0. The molecule has 0 radical (unpaired) electrons. The molecular weight excluding hydrogens is 446 g/mol.